The number of amides is 1. The molecule has 3 rings (SSSR count). The van der Waals surface area contributed by atoms with Crippen molar-refractivity contribution < 1.29 is 18.9 Å². The van der Waals surface area contributed by atoms with Gasteiger partial charge in [0.15, 0.2) is 12.3 Å². The van der Waals surface area contributed by atoms with Crippen molar-refractivity contribution in [3.63, 3.8) is 0 Å². The largest absolute Gasteiger partial charge is 0.491 e. The van der Waals surface area contributed by atoms with Crippen LogP contribution in [-0.4, -0.2) is 28.9 Å². The molecule has 1 aromatic heterocycles. The standard InChI is InChI=1S/C21H22ClN3O4/c1-12(2)28-18-8-5-15(9-14(18)4)20-21(25-29-24-20)23-19(26)11-27-16-6-7-17(22)13(3)10-16/h5-10,12H,11H2,1-4H3,(H,23,25,26). The summed E-state index contributed by atoms with van der Waals surface area (Å²) in [6.45, 7) is 7.55. The van der Waals surface area contributed by atoms with E-state index in [0.29, 0.717) is 16.5 Å². The summed E-state index contributed by atoms with van der Waals surface area (Å²) in [6.07, 6.45) is 0.0764. The van der Waals surface area contributed by atoms with E-state index in [2.05, 4.69) is 15.6 Å². The summed E-state index contributed by atoms with van der Waals surface area (Å²) in [5.74, 6) is 1.18. The van der Waals surface area contributed by atoms with Crippen molar-refractivity contribution in [3.8, 4) is 22.8 Å². The number of halogens is 1. The SMILES string of the molecule is Cc1cc(OCC(=O)Nc2nonc2-c2ccc(OC(C)C)c(C)c2)ccc1Cl. The summed E-state index contributed by atoms with van der Waals surface area (Å²) in [5.41, 5.74) is 3.00. The van der Waals surface area contributed by atoms with Crippen LogP contribution in [0.4, 0.5) is 5.82 Å². The van der Waals surface area contributed by atoms with Gasteiger partial charge in [-0.3, -0.25) is 4.79 Å². The number of carbonyl (C=O) groups excluding carboxylic acids is 1. The van der Waals surface area contributed by atoms with Crippen molar-refractivity contribution in [1.29, 1.82) is 0 Å². The van der Waals surface area contributed by atoms with E-state index in [9.17, 15) is 4.79 Å². The number of anilines is 1. The maximum atomic E-state index is 12.3. The second kappa shape index (κ2) is 8.96. The number of hydrogen-bond donors (Lipinski definition) is 1. The van der Waals surface area contributed by atoms with Crippen molar-refractivity contribution in [2.75, 3.05) is 11.9 Å². The number of aryl methyl sites for hydroxylation is 2. The Kier molecular flexibility index (Phi) is 6.39. The predicted octanol–water partition coefficient (Wildman–Crippen LogP) is 4.81. The van der Waals surface area contributed by atoms with E-state index in [4.69, 9.17) is 25.7 Å². The molecule has 1 heterocycles. The van der Waals surface area contributed by atoms with Gasteiger partial charge in [0.1, 0.15) is 11.5 Å². The van der Waals surface area contributed by atoms with Crippen molar-refractivity contribution in [2.45, 2.75) is 33.8 Å². The second-order valence-corrected chi connectivity index (χ2v) is 7.26. The van der Waals surface area contributed by atoms with Crippen LogP contribution in [0, 0.1) is 13.8 Å². The third-order valence-electron chi connectivity index (χ3n) is 4.06. The lowest BCUT2D eigenvalue weighted by atomic mass is 10.1. The van der Waals surface area contributed by atoms with E-state index in [1.807, 2.05) is 45.9 Å². The topological polar surface area (TPSA) is 86.5 Å². The van der Waals surface area contributed by atoms with Gasteiger partial charge in [0.25, 0.3) is 5.91 Å². The average Bonchev–Trinajstić information content (AvgIpc) is 3.12. The van der Waals surface area contributed by atoms with Gasteiger partial charge in [0, 0.05) is 10.6 Å². The Hall–Kier alpha value is -3.06. The molecule has 0 saturated heterocycles. The summed E-state index contributed by atoms with van der Waals surface area (Å²) in [7, 11) is 0. The molecule has 8 heteroatoms. The Bertz CT molecular complexity index is 1020. The lowest BCUT2D eigenvalue weighted by Gasteiger charge is -2.13. The van der Waals surface area contributed by atoms with Crippen molar-refractivity contribution >= 4 is 23.3 Å². The van der Waals surface area contributed by atoms with E-state index in [-0.39, 0.29) is 24.4 Å². The number of carbonyl (C=O) groups is 1. The number of nitrogens with one attached hydrogen (secondary N) is 1. The van der Waals surface area contributed by atoms with E-state index < -0.39 is 0 Å². The van der Waals surface area contributed by atoms with Gasteiger partial charge in [-0.25, -0.2) is 4.63 Å². The Morgan fingerprint density at radius 2 is 1.93 bits per heavy atom. The summed E-state index contributed by atoms with van der Waals surface area (Å²) in [6, 6.07) is 10.8. The number of hydrogen-bond acceptors (Lipinski definition) is 6. The van der Waals surface area contributed by atoms with E-state index in [1.54, 1.807) is 18.2 Å². The molecule has 1 N–H and O–H groups in total. The molecular formula is C21H22ClN3O4. The molecule has 0 aliphatic rings. The van der Waals surface area contributed by atoms with Crippen molar-refractivity contribution in [2.24, 2.45) is 0 Å². The molecule has 1 amide bonds. The molecule has 7 nitrogen and oxygen atoms in total. The highest BCUT2D eigenvalue weighted by Gasteiger charge is 2.17. The quantitative estimate of drug-likeness (QED) is 0.595. The molecule has 0 atom stereocenters. The first kappa shape index (κ1) is 20.7. The number of nitrogens with zero attached hydrogens (tertiary/aromatic N) is 2. The number of ether oxygens (including phenoxy) is 2. The first-order valence-corrected chi connectivity index (χ1v) is 9.50. The van der Waals surface area contributed by atoms with E-state index >= 15 is 0 Å². The van der Waals surface area contributed by atoms with Crippen molar-refractivity contribution in [1.82, 2.24) is 10.3 Å². The van der Waals surface area contributed by atoms with Crippen LogP contribution < -0.4 is 14.8 Å². The Balaban J connectivity index is 1.67. The summed E-state index contributed by atoms with van der Waals surface area (Å²) >= 11 is 5.99. The van der Waals surface area contributed by atoms with Gasteiger partial charge in [0.2, 0.25) is 5.82 Å². The summed E-state index contributed by atoms with van der Waals surface area (Å²) in [4.78, 5) is 12.3. The minimum absolute atomic E-state index is 0.0764. The Morgan fingerprint density at radius 1 is 1.14 bits per heavy atom. The first-order valence-electron chi connectivity index (χ1n) is 9.12. The van der Waals surface area contributed by atoms with Crippen LogP contribution in [0.25, 0.3) is 11.3 Å². The van der Waals surface area contributed by atoms with Crippen LogP contribution in [0.2, 0.25) is 5.02 Å². The zero-order valence-corrected chi connectivity index (χ0v) is 17.4. The number of aromatic nitrogens is 2. The summed E-state index contributed by atoms with van der Waals surface area (Å²) < 4.78 is 16.1. The molecule has 2 aromatic carbocycles. The zero-order valence-electron chi connectivity index (χ0n) is 16.7. The molecule has 3 aromatic rings. The Morgan fingerprint density at radius 3 is 2.62 bits per heavy atom. The van der Waals surface area contributed by atoms with Gasteiger partial charge < -0.3 is 14.8 Å². The molecule has 29 heavy (non-hydrogen) atoms. The van der Waals surface area contributed by atoms with Gasteiger partial charge in [-0.2, -0.15) is 0 Å². The van der Waals surface area contributed by atoms with Gasteiger partial charge >= 0.3 is 0 Å². The molecule has 0 bridgehead atoms. The molecule has 0 aliphatic heterocycles. The van der Waals surface area contributed by atoms with Gasteiger partial charge in [-0.05, 0) is 85.5 Å². The predicted molar refractivity (Wildman–Crippen MR) is 111 cm³/mol. The van der Waals surface area contributed by atoms with Crippen LogP contribution in [0.5, 0.6) is 11.5 Å². The maximum Gasteiger partial charge on any atom is 0.263 e. The van der Waals surface area contributed by atoms with Gasteiger partial charge in [-0.15, -0.1) is 0 Å². The fourth-order valence-electron chi connectivity index (χ4n) is 2.67. The molecule has 0 radical (unpaired) electrons. The first-order chi connectivity index (χ1) is 13.8. The molecule has 0 fully saturated rings. The molecule has 0 spiro atoms. The van der Waals surface area contributed by atoms with Gasteiger partial charge in [0.05, 0.1) is 6.10 Å². The van der Waals surface area contributed by atoms with Crippen molar-refractivity contribution in [3.05, 3.63) is 52.5 Å². The molecular weight excluding hydrogens is 394 g/mol. The van der Waals surface area contributed by atoms with Crippen LogP contribution >= 0.6 is 11.6 Å². The fourth-order valence-corrected chi connectivity index (χ4v) is 2.78. The highest BCUT2D eigenvalue weighted by atomic mass is 35.5. The lowest BCUT2D eigenvalue weighted by molar-refractivity contribution is -0.118. The van der Waals surface area contributed by atoms with Crippen LogP contribution in [0.15, 0.2) is 41.0 Å². The monoisotopic (exact) mass is 415 g/mol. The zero-order chi connectivity index (χ0) is 21.0. The van der Waals surface area contributed by atoms with Crippen LogP contribution in [0.3, 0.4) is 0 Å². The lowest BCUT2D eigenvalue weighted by Crippen LogP contribution is -2.20. The third-order valence-corrected chi connectivity index (χ3v) is 4.48. The average molecular weight is 416 g/mol. The minimum atomic E-state index is -0.383. The molecule has 0 saturated carbocycles. The summed E-state index contributed by atoms with van der Waals surface area (Å²) in [5, 5.41) is 11.0. The minimum Gasteiger partial charge on any atom is -0.491 e. The Labute approximate surface area is 173 Å². The number of benzene rings is 2. The highest BCUT2D eigenvalue weighted by molar-refractivity contribution is 6.31. The smallest absolute Gasteiger partial charge is 0.263 e. The normalized spacial score (nSPS) is 10.8. The third kappa shape index (κ3) is 5.26. The molecule has 152 valence electrons. The van der Waals surface area contributed by atoms with Crippen LogP contribution in [0.1, 0.15) is 25.0 Å². The van der Waals surface area contributed by atoms with Crippen LogP contribution in [-0.2, 0) is 4.79 Å². The fraction of sp³-hybridized carbons (Fsp3) is 0.286. The number of rotatable bonds is 7. The van der Waals surface area contributed by atoms with E-state index in [0.717, 1.165) is 22.4 Å². The second-order valence-electron chi connectivity index (χ2n) is 6.86. The van der Waals surface area contributed by atoms with Gasteiger partial charge in [-0.1, -0.05) is 11.6 Å². The molecule has 0 aliphatic carbocycles. The maximum absolute atomic E-state index is 12.3. The van der Waals surface area contributed by atoms with E-state index in [1.165, 1.54) is 0 Å². The highest BCUT2D eigenvalue weighted by Crippen LogP contribution is 2.29. The molecule has 0 unspecified atom stereocenters.